The summed E-state index contributed by atoms with van der Waals surface area (Å²) >= 11 is 1.77. The number of aliphatic imine (C=N–C) groups is 1. The van der Waals surface area contributed by atoms with E-state index in [2.05, 4.69) is 61.5 Å². The van der Waals surface area contributed by atoms with Gasteiger partial charge in [0.15, 0.2) is 5.96 Å². The largest absolute Gasteiger partial charge is 0.493 e. The quantitative estimate of drug-likeness (QED) is 0.189. The lowest BCUT2D eigenvalue weighted by Crippen LogP contribution is -2.38. The molecular formula is C22H35IN4O2S. The highest BCUT2D eigenvalue weighted by atomic mass is 127. The maximum Gasteiger partial charge on any atom is 0.191 e. The van der Waals surface area contributed by atoms with Crippen LogP contribution in [0.4, 0.5) is 0 Å². The van der Waals surface area contributed by atoms with E-state index in [1.807, 2.05) is 0 Å². The summed E-state index contributed by atoms with van der Waals surface area (Å²) in [5.74, 6) is 1.72. The Morgan fingerprint density at radius 3 is 2.63 bits per heavy atom. The van der Waals surface area contributed by atoms with Crippen LogP contribution in [0.3, 0.4) is 0 Å². The Morgan fingerprint density at radius 1 is 1.17 bits per heavy atom. The fourth-order valence-electron chi connectivity index (χ4n) is 2.92. The monoisotopic (exact) mass is 546 g/mol. The van der Waals surface area contributed by atoms with Crippen LogP contribution in [-0.4, -0.2) is 44.4 Å². The predicted molar refractivity (Wildman–Crippen MR) is 137 cm³/mol. The lowest BCUT2D eigenvalue weighted by molar-refractivity contribution is 0.172. The number of halogens is 1. The van der Waals surface area contributed by atoms with Gasteiger partial charge in [0, 0.05) is 50.1 Å². The molecule has 1 aromatic carbocycles. The van der Waals surface area contributed by atoms with Gasteiger partial charge in [0.25, 0.3) is 0 Å². The summed E-state index contributed by atoms with van der Waals surface area (Å²) in [4.78, 5) is 10.6. The standard InChI is InChI=1S/C22H34N4O2S.HI/c1-6-23-22(24-11-10-21-17(3)26-18(4)29-21)25-15-19-9-8-16(2)14-20(19)28-13-7-12-27-5;/h8-9,14H,6-7,10-13,15H2,1-5H3,(H2,23,24,25);1H. The Bertz CT molecular complexity index is 795. The fraction of sp³-hybridized carbons (Fsp3) is 0.545. The molecule has 0 unspecified atom stereocenters. The Hall–Kier alpha value is -1.39. The number of hydrogen-bond donors (Lipinski definition) is 2. The lowest BCUT2D eigenvalue weighted by atomic mass is 10.1. The Kier molecular flexibility index (Phi) is 13.0. The van der Waals surface area contributed by atoms with E-state index in [1.165, 1.54) is 10.4 Å². The van der Waals surface area contributed by atoms with Crippen LogP contribution in [-0.2, 0) is 17.7 Å². The van der Waals surface area contributed by atoms with Crippen LogP contribution in [0.2, 0.25) is 0 Å². The van der Waals surface area contributed by atoms with Crippen LogP contribution in [0.15, 0.2) is 23.2 Å². The van der Waals surface area contributed by atoms with Crippen molar-refractivity contribution in [1.29, 1.82) is 0 Å². The molecular weight excluding hydrogens is 511 g/mol. The second kappa shape index (κ2) is 14.6. The zero-order valence-electron chi connectivity index (χ0n) is 18.7. The number of methoxy groups -OCH3 is 1. The van der Waals surface area contributed by atoms with Gasteiger partial charge in [-0.2, -0.15) is 0 Å². The van der Waals surface area contributed by atoms with Crippen LogP contribution in [0, 0.1) is 20.8 Å². The van der Waals surface area contributed by atoms with Gasteiger partial charge in [-0.1, -0.05) is 12.1 Å². The normalized spacial score (nSPS) is 11.2. The van der Waals surface area contributed by atoms with Gasteiger partial charge in [-0.15, -0.1) is 35.3 Å². The van der Waals surface area contributed by atoms with Gasteiger partial charge < -0.3 is 20.1 Å². The van der Waals surface area contributed by atoms with E-state index >= 15 is 0 Å². The molecule has 168 valence electrons. The number of guanidine groups is 1. The summed E-state index contributed by atoms with van der Waals surface area (Å²) in [6, 6.07) is 6.27. The summed E-state index contributed by atoms with van der Waals surface area (Å²) in [6.07, 6.45) is 1.81. The SMILES string of the molecule is CCNC(=NCc1ccc(C)cc1OCCCOC)NCCc1sc(C)nc1C.I. The summed E-state index contributed by atoms with van der Waals surface area (Å²) in [6.45, 7) is 11.8. The molecule has 1 aromatic heterocycles. The molecule has 0 amide bonds. The molecule has 0 saturated heterocycles. The molecule has 2 aromatic rings. The van der Waals surface area contributed by atoms with Crippen molar-refractivity contribution in [2.24, 2.45) is 4.99 Å². The van der Waals surface area contributed by atoms with E-state index in [-0.39, 0.29) is 24.0 Å². The maximum atomic E-state index is 5.97. The molecule has 0 aliphatic heterocycles. The van der Waals surface area contributed by atoms with Crippen LogP contribution < -0.4 is 15.4 Å². The average molecular weight is 547 g/mol. The second-order valence-corrected chi connectivity index (χ2v) is 8.21. The second-order valence-electron chi connectivity index (χ2n) is 6.92. The van der Waals surface area contributed by atoms with Gasteiger partial charge in [0.2, 0.25) is 0 Å². The van der Waals surface area contributed by atoms with Gasteiger partial charge >= 0.3 is 0 Å². The van der Waals surface area contributed by atoms with E-state index < -0.39 is 0 Å². The van der Waals surface area contributed by atoms with Gasteiger partial charge in [0.1, 0.15) is 5.75 Å². The van der Waals surface area contributed by atoms with E-state index in [1.54, 1.807) is 18.4 Å². The molecule has 30 heavy (non-hydrogen) atoms. The number of aromatic nitrogens is 1. The third-order valence-corrected chi connectivity index (χ3v) is 5.50. The number of aryl methyl sites for hydroxylation is 3. The highest BCUT2D eigenvalue weighted by Gasteiger charge is 2.07. The molecule has 0 atom stereocenters. The van der Waals surface area contributed by atoms with Crippen molar-refractivity contribution in [2.75, 3.05) is 33.4 Å². The van der Waals surface area contributed by atoms with Crippen molar-refractivity contribution >= 4 is 41.3 Å². The molecule has 0 spiro atoms. The number of thiazole rings is 1. The minimum atomic E-state index is 0. The lowest BCUT2D eigenvalue weighted by Gasteiger charge is -2.13. The van der Waals surface area contributed by atoms with Gasteiger partial charge in [0.05, 0.1) is 23.9 Å². The topological polar surface area (TPSA) is 67.8 Å². The molecule has 0 saturated carbocycles. The van der Waals surface area contributed by atoms with Crippen LogP contribution >= 0.6 is 35.3 Å². The highest BCUT2D eigenvalue weighted by Crippen LogP contribution is 2.21. The molecule has 6 nitrogen and oxygen atoms in total. The fourth-order valence-corrected chi connectivity index (χ4v) is 3.85. The number of nitrogens with one attached hydrogen (secondary N) is 2. The minimum Gasteiger partial charge on any atom is -0.493 e. The van der Waals surface area contributed by atoms with Gasteiger partial charge in [-0.3, -0.25) is 0 Å². The molecule has 0 fully saturated rings. The Labute approximate surface area is 201 Å². The molecule has 0 radical (unpaired) electrons. The molecule has 0 aliphatic rings. The summed E-state index contributed by atoms with van der Waals surface area (Å²) in [5.41, 5.74) is 3.39. The van der Waals surface area contributed by atoms with Crippen LogP contribution in [0.5, 0.6) is 5.75 Å². The number of nitrogens with zero attached hydrogens (tertiary/aromatic N) is 2. The Balaban J connectivity index is 0.00000450. The zero-order valence-corrected chi connectivity index (χ0v) is 21.9. The Morgan fingerprint density at radius 2 is 1.97 bits per heavy atom. The molecule has 1 heterocycles. The number of benzene rings is 1. The summed E-state index contributed by atoms with van der Waals surface area (Å²) < 4.78 is 11.1. The van der Waals surface area contributed by atoms with E-state index in [9.17, 15) is 0 Å². The zero-order chi connectivity index (χ0) is 21.1. The molecule has 0 bridgehead atoms. The maximum absolute atomic E-state index is 5.97. The smallest absolute Gasteiger partial charge is 0.191 e. The molecule has 2 rings (SSSR count). The van der Waals surface area contributed by atoms with Crippen molar-refractivity contribution in [3.05, 3.63) is 44.9 Å². The summed E-state index contributed by atoms with van der Waals surface area (Å²) in [7, 11) is 1.71. The van der Waals surface area contributed by atoms with E-state index in [0.29, 0.717) is 19.8 Å². The number of hydrogen-bond acceptors (Lipinski definition) is 5. The predicted octanol–water partition coefficient (Wildman–Crippen LogP) is 4.40. The average Bonchev–Trinajstić information content (AvgIpc) is 3.01. The third kappa shape index (κ3) is 9.18. The third-order valence-electron chi connectivity index (χ3n) is 4.37. The highest BCUT2D eigenvalue weighted by molar-refractivity contribution is 14.0. The molecule has 2 N–H and O–H groups in total. The number of rotatable bonds is 11. The van der Waals surface area contributed by atoms with Gasteiger partial charge in [-0.05, 0) is 39.3 Å². The van der Waals surface area contributed by atoms with Crippen LogP contribution in [0.25, 0.3) is 0 Å². The number of ether oxygens (including phenoxy) is 2. The molecule has 0 aliphatic carbocycles. The first-order valence-corrected chi connectivity index (χ1v) is 11.0. The van der Waals surface area contributed by atoms with Crippen molar-refractivity contribution in [2.45, 2.75) is 47.1 Å². The van der Waals surface area contributed by atoms with E-state index in [4.69, 9.17) is 14.5 Å². The van der Waals surface area contributed by atoms with Crippen LogP contribution in [0.1, 0.15) is 40.1 Å². The van der Waals surface area contributed by atoms with Crippen molar-refractivity contribution in [3.8, 4) is 5.75 Å². The van der Waals surface area contributed by atoms with Gasteiger partial charge in [-0.25, -0.2) is 9.98 Å². The van der Waals surface area contributed by atoms with Crippen molar-refractivity contribution < 1.29 is 9.47 Å². The summed E-state index contributed by atoms with van der Waals surface area (Å²) in [5, 5.41) is 7.87. The van der Waals surface area contributed by atoms with E-state index in [0.717, 1.165) is 53.9 Å². The minimum absolute atomic E-state index is 0. The first-order valence-electron chi connectivity index (χ1n) is 10.2. The van der Waals surface area contributed by atoms with Crippen molar-refractivity contribution in [1.82, 2.24) is 15.6 Å². The first-order chi connectivity index (χ1) is 14.0. The molecule has 8 heteroatoms. The van der Waals surface area contributed by atoms with Crippen molar-refractivity contribution in [3.63, 3.8) is 0 Å². The first kappa shape index (κ1) is 26.6.